The average Bonchev–Trinajstić information content (AvgIpc) is 2.91. The number of thiophene rings is 1. The Labute approximate surface area is 147 Å². The van der Waals surface area contributed by atoms with E-state index in [9.17, 15) is 0 Å². The van der Waals surface area contributed by atoms with Crippen LogP contribution < -0.4 is 5.32 Å². The summed E-state index contributed by atoms with van der Waals surface area (Å²) in [5.74, 6) is 0. The van der Waals surface area contributed by atoms with E-state index in [2.05, 4.69) is 69.7 Å². The summed E-state index contributed by atoms with van der Waals surface area (Å²) in [7, 11) is 2.01. The highest BCUT2D eigenvalue weighted by molar-refractivity contribution is 14.1. The molecule has 0 amide bonds. The maximum Gasteiger partial charge on any atom is 0.0410 e. The van der Waals surface area contributed by atoms with Gasteiger partial charge in [-0.25, -0.2) is 0 Å². The summed E-state index contributed by atoms with van der Waals surface area (Å²) in [6.45, 7) is 0. The number of hydrogen-bond donors (Lipinski definition) is 1. The van der Waals surface area contributed by atoms with E-state index in [1.807, 2.05) is 24.5 Å². The van der Waals surface area contributed by atoms with Gasteiger partial charge in [-0.15, -0.1) is 11.3 Å². The Morgan fingerprint density at radius 1 is 1.24 bits per heavy atom. The van der Waals surface area contributed by atoms with Crippen molar-refractivity contribution < 1.29 is 0 Å². The van der Waals surface area contributed by atoms with Gasteiger partial charge < -0.3 is 5.32 Å². The molecule has 0 saturated heterocycles. The first-order valence-corrected chi connectivity index (χ1v) is 9.10. The normalized spacial score (nSPS) is 12.7. The molecule has 4 heteroatoms. The molecular formula is C17H15ClINS. The first-order valence-electron chi connectivity index (χ1n) is 6.76. The Morgan fingerprint density at radius 3 is 2.86 bits per heavy atom. The molecule has 3 rings (SSSR count). The van der Waals surface area contributed by atoms with Crippen LogP contribution in [0.15, 0.2) is 47.8 Å². The van der Waals surface area contributed by atoms with Gasteiger partial charge in [-0.3, -0.25) is 0 Å². The SMILES string of the molecule is CNC(Cc1csc2ccccc12)c1cc(Cl)ccc1I. The maximum atomic E-state index is 6.17. The number of rotatable bonds is 4. The predicted molar refractivity (Wildman–Crippen MR) is 101 cm³/mol. The van der Waals surface area contributed by atoms with Crippen molar-refractivity contribution >= 4 is 55.6 Å². The molecule has 1 aromatic heterocycles. The molecule has 0 fully saturated rings. The molecule has 0 radical (unpaired) electrons. The molecule has 0 spiro atoms. The second kappa shape index (κ2) is 6.65. The van der Waals surface area contributed by atoms with Crippen LogP contribution in [-0.4, -0.2) is 7.05 Å². The topological polar surface area (TPSA) is 12.0 Å². The second-order valence-corrected chi connectivity index (χ2v) is 7.48. The Bertz CT molecular complexity index is 768. The monoisotopic (exact) mass is 427 g/mol. The molecule has 21 heavy (non-hydrogen) atoms. The van der Waals surface area contributed by atoms with E-state index in [0.717, 1.165) is 11.4 Å². The Kier molecular flexibility index (Phi) is 4.84. The predicted octanol–water partition coefficient (Wildman–Crippen LogP) is 5.66. The highest BCUT2D eigenvalue weighted by Gasteiger charge is 2.16. The van der Waals surface area contributed by atoms with Crippen LogP contribution in [0.25, 0.3) is 10.1 Å². The molecule has 0 bridgehead atoms. The van der Waals surface area contributed by atoms with E-state index in [1.165, 1.54) is 24.8 Å². The minimum atomic E-state index is 0.272. The Morgan fingerprint density at radius 2 is 2.05 bits per heavy atom. The van der Waals surface area contributed by atoms with E-state index in [0.29, 0.717) is 0 Å². The number of nitrogens with one attached hydrogen (secondary N) is 1. The minimum Gasteiger partial charge on any atom is -0.313 e. The van der Waals surface area contributed by atoms with Gasteiger partial charge in [0.25, 0.3) is 0 Å². The van der Waals surface area contributed by atoms with Crippen molar-refractivity contribution in [3.8, 4) is 0 Å². The van der Waals surface area contributed by atoms with Gasteiger partial charge in [0.2, 0.25) is 0 Å². The second-order valence-electron chi connectivity index (χ2n) is 4.97. The average molecular weight is 428 g/mol. The van der Waals surface area contributed by atoms with Crippen molar-refractivity contribution in [1.82, 2.24) is 5.32 Å². The Hall–Kier alpha value is -0.620. The third-order valence-corrected chi connectivity index (χ3v) is 5.90. The van der Waals surface area contributed by atoms with Gasteiger partial charge in [0.15, 0.2) is 0 Å². The summed E-state index contributed by atoms with van der Waals surface area (Å²) in [6, 6.07) is 15.0. The van der Waals surface area contributed by atoms with Crippen LogP contribution in [0, 0.1) is 3.57 Å². The highest BCUT2D eigenvalue weighted by Crippen LogP contribution is 2.31. The molecule has 1 heterocycles. The third kappa shape index (κ3) is 3.26. The summed E-state index contributed by atoms with van der Waals surface area (Å²) < 4.78 is 2.60. The molecule has 0 aliphatic heterocycles. The molecule has 1 unspecified atom stereocenters. The van der Waals surface area contributed by atoms with Crippen molar-refractivity contribution in [2.24, 2.45) is 0 Å². The third-order valence-electron chi connectivity index (χ3n) is 3.67. The lowest BCUT2D eigenvalue weighted by Gasteiger charge is -2.18. The molecule has 0 aliphatic carbocycles. The molecule has 1 nitrogen and oxygen atoms in total. The fraction of sp³-hybridized carbons (Fsp3) is 0.176. The summed E-state index contributed by atoms with van der Waals surface area (Å²) in [6.07, 6.45) is 0.969. The van der Waals surface area contributed by atoms with Crippen LogP contribution in [0.1, 0.15) is 17.2 Å². The lowest BCUT2D eigenvalue weighted by Crippen LogP contribution is -2.19. The van der Waals surface area contributed by atoms with Crippen molar-refractivity contribution in [2.45, 2.75) is 12.5 Å². The van der Waals surface area contributed by atoms with Gasteiger partial charge in [-0.1, -0.05) is 29.8 Å². The summed E-state index contributed by atoms with van der Waals surface area (Å²) in [5, 5.41) is 7.85. The lowest BCUT2D eigenvalue weighted by molar-refractivity contribution is 0.592. The van der Waals surface area contributed by atoms with E-state index >= 15 is 0 Å². The van der Waals surface area contributed by atoms with E-state index in [-0.39, 0.29) is 6.04 Å². The number of likely N-dealkylation sites (N-methyl/N-ethyl adjacent to an activating group) is 1. The van der Waals surface area contributed by atoms with Gasteiger partial charge in [-0.2, -0.15) is 0 Å². The molecule has 0 saturated carbocycles. The van der Waals surface area contributed by atoms with E-state index in [4.69, 9.17) is 11.6 Å². The largest absolute Gasteiger partial charge is 0.313 e. The van der Waals surface area contributed by atoms with Crippen LogP contribution in [0.3, 0.4) is 0 Å². The van der Waals surface area contributed by atoms with Crippen molar-refractivity contribution in [1.29, 1.82) is 0 Å². The molecule has 1 atom stereocenters. The van der Waals surface area contributed by atoms with Gasteiger partial charge >= 0.3 is 0 Å². The van der Waals surface area contributed by atoms with E-state index in [1.54, 1.807) is 0 Å². The van der Waals surface area contributed by atoms with Crippen molar-refractivity contribution in [3.63, 3.8) is 0 Å². The molecular weight excluding hydrogens is 413 g/mol. The van der Waals surface area contributed by atoms with Crippen LogP contribution >= 0.6 is 45.5 Å². The quantitative estimate of drug-likeness (QED) is 0.530. The van der Waals surface area contributed by atoms with E-state index < -0.39 is 0 Å². The fourth-order valence-electron chi connectivity index (χ4n) is 2.56. The first-order chi connectivity index (χ1) is 10.2. The van der Waals surface area contributed by atoms with Crippen LogP contribution in [0.4, 0.5) is 0 Å². The fourth-order valence-corrected chi connectivity index (χ4v) is 4.43. The zero-order valence-electron chi connectivity index (χ0n) is 11.6. The van der Waals surface area contributed by atoms with Crippen LogP contribution in [0.2, 0.25) is 5.02 Å². The van der Waals surface area contributed by atoms with Gasteiger partial charge in [-0.05, 0) is 82.2 Å². The zero-order chi connectivity index (χ0) is 14.8. The van der Waals surface area contributed by atoms with Gasteiger partial charge in [0.1, 0.15) is 0 Å². The smallest absolute Gasteiger partial charge is 0.0410 e. The highest BCUT2D eigenvalue weighted by atomic mass is 127. The number of hydrogen-bond acceptors (Lipinski definition) is 2. The Balaban J connectivity index is 1.96. The van der Waals surface area contributed by atoms with Gasteiger partial charge in [0, 0.05) is 19.3 Å². The minimum absolute atomic E-state index is 0.272. The molecule has 3 aromatic rings. The zero-order valence-corrected chi connectivity index (χ0v) is 15.3. The lowest BCUT2D eigenvalue weighted by atomic mass is 9.98. The van der Waals surface area contributed by atoms with Crippen LogP contribution in [0.5, 0.6) is 0 Å². The number of fused-ring (bicyclic) bond motifs is 1. The molecule has 1 N–H and O–H groups in total. The number of halogens is 2. The van der Waals surface area contributed by atoms with Gasteiger partial charge in [0.05, 0.1) is 0 Å². The number of benzene rings is 2. The standard InChI is InChI=1S/C17H15ClINS/c1-20-16(14-9-12(18)6-7-15(14)19)8-11-10-21-17-5-3-2-4-13(11)17/h2-7,9-10,16,20H,8H2,1H3. The summed E-state index contributed by atoms with van der Waals surface area (Å²) in [4.78, 5) is 0. The molecule has 108 valence electrons. The maximum absolute atomic E-state index is 6.17. The van der Waals surface area contributed by atoms with Crippen molar-refractivity contribution in [3.05, 3.63) is 67.6 Å². The molecule has 2 aromatic carbocycles. The summed E-state index contributed by atoms with van der Waals surface area (Å²) in [5.41, 5.74) is 2.66. The first kappa shape index (κ1) is 15.3. The molecule has 0 aliphatic rings. The van der Waals surface area contributed by atoms with Crippen LogP contribution in [-0.2, 0) is 6.42 Å². The van der Waals surface area contributed by atoms with Crippen molar-refractivity contribution in [2.75, 3.05) is 7.05 Å². The summed E-state index contributed by atoms with van der Waals surface area (Å²) >= 11 is 10.4.